The normalized spacial score (nSPS) is 17.6. The van der Waals surface area contributed by atoms with Crippen molar-refractivity contribution in [1.29, 1.82) is 0 Å². The largest absolute Gasteiger partial charge is 0.382 e. The number of anilines is 1. The summed E-state index contributed by atoms with van der Waals surface area (Å²) in [6.07, 6.45) is 2.21. The molecule has 5 amide bonds. The number of nitrogens with one attached hydrogen (secondary N) is 3. The molecular formula is C20H29N5O7S. The molecule has 182 valence electrons. The minimum atomic E-state index is -0.551. The minimum Gasteiger partial charge on any atom is -0.382 e. The zero-order chi connectivity index (χ0) is 23.6. The molecule has 0 spiro atoms. The Morgan fingerprint density at radius 2 is 1.91 bits per heavy atom. The van der Waals surface area contributed by atoms with E-state index in [1.165, 1.54) is 16.2 Å². The molecule has 0 radical (unpaired) electrons. The fraction of sp³-hybridized carbons (Fsp3) is 0.650. The Hall–Kier alpha value is -2.61. The Bertz CT molecular complexity index is 862. The lowest BCUT2D eigenvalue weighted by molar-refractivity contribution is -0.122. The molecule has 0 bridgehead atoms. The Kier molecular flexibility index (Phi) is 9.54. The molecular weight excluding hydrogens is 454 g/mol. The fourth-order valence-electron chi connectivity index (χ4n) is 3.42. The van der Waals surface area contributed by atoms with Gasteiger partial charge in [-0.05, 0) is 12.8 Å². The second kappa shape index (κ2) is 12.6. The molecule has 1 aromatic rings. The average molecular weight is 484 g/mol. The molecule has 1 atom stereocenters. The lowest BCUT2D eigenvalue weighted by atomic mass is 9.97. The lowest BCUT2D eigenvalue weighted by Crippen LogP contribution is -2.44. The summed E-state index contributed by atoms with van der Waals surface area (Å²) >= 11 is 1.40. The number of carbonyl (C=O) groups excluding carboxylic acids is 4. The van der Waals surface area contributed by atoms with Crippen LogP contribution < -0.4 is 16.0 Å². The SMILES string of the molecule is COCCOCCOCCC(=O)Nc1nc2c(s1)C[C@@H](NC(=O)CN1CC(=O)NC1=O)CC2. The summed E-state index contributed by atoms with van der Waals surface area (Å²) in [5.41, 5.74) is 0.926. The molecule has 2 aliphatic rings. The summed E-state index contributed by atoms with van der Waals surface area (Å²) < 4.78 is 15.5. The number of ether oxygens (including phenoxy) is 3. The predicted octanol–water partition coefficient (Wildman–Crippen LogP) is -0.323. The standard InChI is InChI=1S/C20H29N5O7S/c1-30-6-7-32-9-8-31-5-4-16(26)23-19-22-14-3-2-13(10-15(14)33-19)21-17(27)11-25-12-18(28)24-20(25)29/h13H,2-12H2,1H3,(H,21,27)(H,22,23,26)(H,24,28,29)/t13-/m0/s1. The highest BCUT2D eigenvalue weighted by Gasteiger charge is 2.30. The number of methoxy groups -OCH3 is 1. The van der Waals surface area contributed by atoms with E-state index in [0.29, 0.717) is 57.4 Å². The number of fused-ring (bicyclic) bond motifs is 1. The fourth-order valence-corrected chi connectivity index (χ4v) is 4.52. The van der Waals surface area contributed by atoms with E-state index in [-0.39, 0.29) is 37.4 Å². The van der Waals surface area contributed by atoms with Crippen LogP contribution in [0.1, 0.15) is 23.4 Å². The summed E-state index contributed by atoms with van der Waals surface area (Å²) in [6, 6.07) is -0.639. The molecule has 1 aliphatic heterocycles. The first-order valence-electron chi connectivity index (χ1n) is 10.8. The molecule has 0 aromatic carbocycles. The quantitative estimate of drug-likeness (QED) is 0.255. The van der Waals surface area contributed by atoms with Gasteiger partial charge >= 0.3 is 6.03 Å². The van der Waals surface area contributed by atoms with Gasteiger partial charge in [-0.1, -0.05) is 0 Å². The molecule has 1 fully saturated rings. The molecule has 12 nitrogen and oxygen atoms in total. The number of rotatable bonds is 13. The van der Waals surface area contributed by atoms with E-state index < -0.39 is 11.9 Å². The van der Waals surface area contributed by atoms with Crippen LogP contribution in [0.5, 0.6) is 0 Å². The van der Waals surface area contributed by atoms with Gasteiger partial charge in [-0.3, -0.25) is 19.7 Å². The van der Waals surface area contributed by atoms with Crippen molar-refractivity contribution in [2.45, 2.75) is 31.7 Å². The van der Waals surface area contributed by atoms with Gasteiger partial charge in [-0.15, -0.1) is 11.3 Å². The van der Waals surface area contributed by atoms with E-state index in [1.54, 1.807) is 7.11 Å². The van der Waals surface area contributed by atoms with Crippen LogP contribution in [0.3, 0.4) is 0 Å². The van der Waals surface area contributed by atoms with Crippen molar-refractivity contribution in [3.63, 3.8) is 0 Å². The average Bonchev–Trinajstić information content (AvgIpc) is 3.30. The molecule has 13 heteroatoms. The van der Waals surface area contributed by atoms with E-state index in [9.17, 15) is 19.2 Å². The molecule has 1 saturated heterocycles. The third-order valence-electron chi connectivity index (χ3n) is 5.03. The third-order valence-corrected chi connectivity index (χ3v) is 6.07. The van der Waals surface area contributed by atoms with Crippen molar-refractivity contribution in [2.75, 3.05) is 58.6 Å². The van der Waals surface area contributed by atoms with Gasteiger partial charge in [0.05, 0.1) is 45.1 Å². The van der Waals surface area contributed by atoms with Crippen LogP contribution in [0.15, 0.2) is 0 Å². The van der Waals surface area contributed by atoms with Crippen LogP contribution in [0.4, 0.5) is 9.93 Å². The molecule has 1 aromatic heterocycles. The Labute approximate surface area is 195 Å². The van der Waals surface area contributed by atoms with Crippen LogP contribution in [0.2, 0.25) is 0 Å². The van der Waals surface area contributed by atoms with Gasteiger partial charge in [0.25, 0.3) is 0 Å². The predicted molar refractivity (Wildman–Crippen MR) is 118 cm³/mol. The molecule has 3 N–H and O–H groups in total. The first kappa shape index (κ1) is 25.0. The maximum Gasteiger partial charge on any atom is 0.325 e. The zero-order valence-corrected chi connectivity index (χ0v) is 19.3. The highest BCUT2D eigenvalue weighted by atomic mass is 32.1. The van der Waals surface area contributed by atoms with Gasteiger partial charge in [0, 0.05) is 24.4 Å². The minimum absolute atomic E-state index is 0.0881. The van der Waals surface area contributed by atoms with Gasteiger partial charge in [0.15, 0.2) is 5.13 Å². The zero-order valence-electron chi connectivity index (χ0n) is 18.5. The van der Waals surface area contributed by atoms with Crippen molar-refractivity contribution in [3.05, 3.63) is 10.6 Å². The molecule has 2 heterocycles. The van der Waals surface area contributed by atoms with Gasteiger partial charge in [-0.25, -0.2) is 9.78 Å². The summed E-state index contributed by atoms with van der Waals surface area (Å²) in [4.78, 5) is 53.9. The number of nitrogens with zero attached hydrogens (tertiary/aromatic N) is 2. The first-order chi connectivity index (χ1) is 15.9. The van der Waals surface area contributed by atoms with Crippen LogP contribution >= 0.6 is 11.3 Å². The van der Waals surface area contributed by atoms with Gasteiger partial charge in [-0.2, -0.15) is 0 Å². The molecule has 3 rings (SSSR count). The second-order valence-corrected chi connectivity index (χ2v) is 8.70. The Balaban J connectivity index is 1.35. The number of thiazole rings is 1. The van der Waals surface area contributed by atoms with E-state index in [0.717, 1.165) is 10.6 Å². The number of imide groups is 1. The topological polar surface area (TPSA) is 148 Å². The molecule has 33 heavy (non-hydrogen) atoms. The van der Waals surface area contributed by atoms with Crippen LogP contribution in [-0.4, -0.2) is 92.9 Å². The summed E-state index contributed by atoms with van der Waals surface area (Å²) in [5.74, 6) is -0.895. The Morgan fingerprint density at radius 1 is 1.15 bits per heavy atom. The molecule has 0 unspecified atom stereocenters. The molecule has 1 aliphatic carbocycles. The van der Waals surface area contributed by atoms with Crippen molar-refractivity contribution < 1.29 is 33.4 Å². The molecule has 0 saturated carbocycles. The number of urea groups is 1. The lowest BCUT2D eigenvalue weighted by Gasteiger charge is -2.23. The van der Waals surface area contributed by atoms with Crippen molar-refractivity contribution in [1.82, 2.24) is 20.5 Å². The summed E-state index contributed by atoms with van der Waals surface area (Å²) in [5, 5.41) is 8.39. The van der Waals surface area contributed by atoms with E-state index >= 15 is 0 Å². The summed E-state index contributed by atoms with van der Waals surface area (Å²) in [6.45, 7) is 1.93. The number of carbonyl (C=O) groups is 4. The Morgan fingerprint density at radius 3 is 2.64 bits per heavy atom. The highest BCUT2D eigenvalue weighted by Crippen LogP contribution is 2.30. The van der Waals surface area contributed by atoms with E-state index in [4.69, 9.17) is 14.2 Å². The van der Waals surface area contributed by atoms with Gasteiger partial charge in [0.2, 0.25) is 17.7 Å². The second-order valence-electron chi connectivity index (χ2n) is 7.62. The first-order valence-corrected chi connectivity index (χ1v) is 11.6. The number of hydrogen-bond acceptors (Lipinski definition) is 9. The van der Waals surface area contributed by atoms with Crippen molar-refractivity contribution >= 4 is 40.2 Å². The highest BCUT2D eigenvalue weighted by molar-refractivity contribution is 7.15. The monoisotopic (exact) mass is 483 g/mol. The number of amides is 5. The van der Waals surface area contributed by atoms with Crippen LogP contribution in [0, 0.1) is 0 Å². The number of hydrogen-bond donors (Lipinski definition) is 3. The smallest absolute Gasteiger partial charge is 0.325 e. The van der Waals surface area contributed by atoms with Crippen molar-refractivity contribution in [2.24, 2.45) is 0 Å². The summed E-state index contributed by atoms with van der Waals surface area (Å²) in [7, 11) is 1.61. The third kappa shape index (κ3) is 8.03. The van der Waals surface area contributed by atoms with Crippen molar-refractivity contribution in [3.8, 4) is 0 Å². The van der Waals surface area contributed by atoms with E-state index in [1.807, 2.05) is 0 Å². The van der Waals surface area contributed by atoms with Gasteiger partial charge in [0.1, 0.15) is 13.1 Å². The maximum atomic E-state index is 12.3. The van der Waals surface area contributed by atoms with Crippen LogP contribution in [0.25, 0.3) is 0 Å². The number of aromatic nitrogens is 1. The maximum absolute atomic E-state index is 12.3. The van der Waals surface area contributed by atoms with E-state index in [2.05, 4.69) is 20.9 Å². The van der Waals surface area contributed by atoms with Gasteiger partial charge < -0.3 is 29.7 Å². The van der Waals surface area contributed by atoms with Crippen LogP contribution in [-0.2, 0) is 41.4 Å². The number of aryl methyl sites for hydroxylation is 1.